The van der Waals surface area contributed by atoms with E-state index in [0.717, 1.165) is 100 Å². The second kappa shape index (κ2) is 21.3. The van der Waals surface area contributed by atoms with E-state index in [-0.39, 0.29) is 54.9 Å². The molecule has 1 amide bonds. The predicted octanol–water partition coefficient (Wildman–Crippen LogP) is 10.3. The van der Waals surface area contributed by atoms with Crippen LogP contribution >= 0.6 is 7.82 Å². The number of allylic oxidation sites excluding steroid dienone is 1. The maximum Gasteiger partial charge on any atom is 0.471 e. The fourth-order valence-electron chi connectivity index (χ4n) is 11.4. The molecule has 0 aromatic heterocycles. The van der Waals surface area contributed by atoms with Crippen molar-refractivity contribution in [2.24, 2.45) is 46.3 Å². The molecular formula is C44H76NO9P. The van der Waals surface area contributed by atoms with Crippen molar-refractivity contribution in [3.63, 3.8) is 0 Å². The van der Waals surface area contributed by atoms with Gasteiger partial charge in [-0.2, -0.15) is 0 Å². The Labute approximate surface area is 333 Å². The minimum Gasteiger partial charge on any atom is -0.466 e. The number of unbranched alkanes of at least 4 members (excludes halogenated alkanes) is 5. The molecule has 0 aromatic carbocycles. The molecule has 0 radical (unpaired) electrons. The number of amides is 1. The minimum absolute atomic E-state index is 0.0442. The third-order valence-corrected chi connectivity index (χ3v) is 15.3. The number of phosphoric ester groups is 1. The third kappa shape index (κ3) is 13.1. The van der Waals surface area contributed by atoms with Gasteiger partial charge in [0.05, 0.1) is 32.1 Å². The Hall–Kier alpha value is -1.74. The van der Waals surface area contributed by atoms with Gasteiger partial charge in [-0.25, -0.2) is 4.57 Å². The Morgan fingerprint density at radius 2 is 1.60 bits per heavy atom. The number of phosphoric acid groups is 1. The predicted molar refractivity (Wildman–Crippen MR) is 216 cm³/mol. The standard InChI is InChI=1S/C44H76NO9P/c1-31(2)15-14-16-32(3)38-20-21-39-37-19-18-34-29-36(24-26-43(34,5)40(37)25-27-44(38,39)6)54-42(48)23-22-41(47)52-28-13-11-9-8-10-12-17-35(45-33(4)46)30-53-55(49,50)51-7/h18,31-32,35-40H,8-17,19-30H2,1-7H3,(H,45,46)(H,49,50)/t32-,35-,36?,37+,38-,39+,40+,43+,44-/m1/s1. The Morgan fingerprint density at radius 3 is 2.31 bits per heavy atom. The summed E-state index contributed by atoms with van der Waals surface area (Å²) in [5.74, 6) is 3.96. The highest BCUT2D eigenvalue weighted by Gasteiger charge is 2.59. The lowest BCUT2D eigenvalue weighted by atomic mass is 9.47. The molecule has 2 unspecified atom stereocenters. The summed E-state index contributed by atoms with van der Waals surface area (Å²) >= 11 is 0. The molecule has 3 fully saturated rings. The lowest BCUT2D eigenvalue weighted by Gasteiger charge is -2.58. The van der Waals surface area contributed by atoms with E-state index in [4.69, 9.17) is 14.0 Å². The van der Waals surface area contributed by atoms with Crippen molar-refractivity contribution in [3.8, 4) is 0 Å². The van der Waals surface area contributed by atoms with E-state index in [0.29, 0.717) is 18.4 Å². The molecule has 11 heteroatoms. The molecule has 0 saturated heterocycles. The van der Waals surface area contributed by atoms with Gasteiger partial charge >= 0.3 is 19.8 Å². The quantitative estimate of drug-likeness (QED) is 0.0448. The average molecular weight is 794 g/mol. The van der Waals surface area contributed by atoms with Crippen molar-refractivity contribution in [2.75, 3.05) is 20.3 Å². The van der Waals surface area contributed by atoms with Gasteiger partial charge < -0.3 is 19.7 Å². The number of rotatable bonds is 23. The molecule has 0 heterocycles. The van der Waals surface area contributed by atoms with Crippen LogP contribution in [-0.4, -0.2) is 55.2 Å². The fourth-order valence-corrected chi connectivity index (χ4v) is 11.9. The summed E-state index contributed by atoms with van der Waals surface area (Å²) in [6.07, 6.45) is 22.2. The lowest BCUT2D eigenvalue weighted by molar-refractivity contribution is -0.155. The van der Waals surface area contributed by atoms with Crippen LogP contribution < -0.4 is 5.32 Å². The van der Waals surface area contributed by atoms with Crippen LogP contribution in [0.2, 0.25) is 0 Å². The van der Waals surface area contributed by atoms with Crippen LogP contribution in [0.3, 0.4) is 0 Å². The number of carbonyl (C=O) groups excluding carboxylic acids is 3. The zero-order chi connectivity index (χ0) is 40.2. The smallest absolute Gasteiger partial charge is 0.466 e. The first kappa shape index (κ1) is 46.0. The minimum atomic E-state index is -4.09. The van der Waals surface area contributed by atoms with Gasteiger partial charge in [0.15, 0.2) is 0 Å². The monoisotopic (exact) mass is 794 g/mol. The lowest BCUT2D eigenvalue weighted by Crippen LogP contribution is -2.51. The zero-order valence-corrected chi connectivity index (χ0v) is 36.3. The second-order valence-corrected chi connectivity index (χ2v) is 20.2. The van der Waals surface area contributed by atoms with Crippen LogP contribution in [-0.2, 0) is 37.5 Å². The number of carbonyl (C=O) groups is 3. The number of esters is 2. The number of hydrogen-bond donors (Lipinski definition) is 2. The van der Waals surface area contributed by atoms with E-state index < -0.39 is 7.82 Å². The molecule has 4 rings (SSSR count). The highest BCUT2D eigenvalue weighted by atomic mass is 31.2. The summed E-state index contributed by atoms with van der Waals surface area (Å²) < 4.78 is 32.3. The molecular weight excluding hydrogens is 717 g/mol. The van der Waals surface area contributed by atoms with Crippen LogP contribution in [0.1, 0.15) is 170 Å². The zero-order valence-electron chi connectivity index (χ0n) is 35.4. The van der Waals surface area contributed by atoms with Gasteiger partial charge in [-0.3, -0.25) is 23.4 Å². The van der Waals surface area contributed by atoms with E-state index >= 15 is 0 Å². The highest BCUT2D eigenvalue weighted by molar-refractivity contribution is 7.47. The van der Waals surface area contributed by atoms with Crippen molar-refractivity contribution >= 4 is 25.7 Å². The number of hydrogen-bond acceptors (Lipinski definition) is 8. The first-order valence-corrected chi connectivity index (χ1v) is 23.4. The number of nitrogens with one attached hydrogen (secondary N) is 1. The molecule has 4 aliphatic rings. The highest BCUT2D eigenvalue weighted by Crippen LogP contribution is 2.67. The van der Waals surface area contributed by atoms with Crippen molar-refractivity contribution in [3.05, 3.63) is 11.6 Å². The molecule has 0 bridgehead atoms. The molecule has 2 N–H and O–H groups in total. The van der Waals surface area contributed by atoms with E-state index in [2.05, 4.69) is 50.5 Å². The Balaban J connectivity index is 1.09. The van der Waals surface area contributed by atoms with Gasteiger partial charge in [0.1, 0.15) is 6.10 Å². The Kier molecular flexibility index (Phi) is 17.8. The second-order valence-electron chi connectivity index (χ2n) is 18.6. The SMILES string of the molecule is COP(=O)(O)OC[C@@H](CCCCCCCCOC(=O)CCC(=O)OC1CC[C@@]2(C)C(=CC[C@H]3[C@@H]4CC[C@H]([C@H](C)CCCC(C)C)[C@@]4(C)CC[C@@H]32)C1)NC(C)=O. The van der Waals surface area contributed by atoms with Crippen molar-refractivity contribution in [2.45, 2.75) is 182 Å². The average Bonchev–Trinajstić information content (AvgIpc) is 3.49. The van der Waals surface area contributed by atoms with E-state index in [1.54, 1.807) is 0 Å². The van der Waals surface area contributed by atoms with Crippen LogP contribution in [0.15, 0.2) is 11.6 Å². The van der Waals surface area contributed by atoms with Crippen LogP contribution in [0.25, 0.3) is 0 Å². The summed E-state index contributed by atoms with van der Waals surface area (Å²) in [7, 11) is -2.99. The third-order valence-electron chi connectivity index (χ3n) is 14.4. The van der Waals surface area contributed by atoms with Gasteiger partial charge in [0, 0.05) is 20.5 Å². The number of ether oxygens (including phenoxy) is 2. The fraction of sp³-hybridized carbons (Fsp3) is 0.886. The summed E-state index contributed by atoms with van der Waals surface area (Å²) in [6, 6.07) is -0.363. The van der Waals surface area contributed by atoms with Crippen LogP contribution in [0.4, 0.5) is 0 Å². The molecule has 55 heavy (non-hydrogen) atoms. The van der Waals surface area contributed by atoms with Crippen LogP contribution in [0, 0.1) is 46.3 Å². The maximum absolute atomic E-state index is 12.8. The summed E-state index contributed by atoms with van der Waals surface area (Å²) in [4.78, 5) is 46.1. The van der Waals surface area contributed by atoms with Gasteiger partial charge in [-0.1, -0.05) is 97.6 Å². The molecule has 0 aromatic rings. The van der Waals surface area contributed by atoms with E-state index in [1.807, 2.05) is 0 Å². The van der Waals surface area contributed by atoms with Gasteiger partial charge in [-0.15, -0.1) is 0 Å². The van der Waals surface area contributed by atoms with E-state index in [1.165, 1.54) is 63.9 Å². The maximum atomic E-state index is 12.8. The van der Waals surface area contributed by atoms with Crippen molar-refractivity contribution in [1.29, 1.82) is 0 Å². The Bertz CT molecular complexity index is 1340. The summed E-state index contributed by atoms with van der Waals surface area (Å²) in [6.45, 7) is 14.1. The molecule has 10 atom stereocenters. The molecule has 0 spiro atoms. The summed E-state index contributed by atoms with van der Waals surface area (Å²) in [5, 5.41) is 2.75. The van der Waals surface area contributed by atoms with Crippen molar-refractivity contribution in [1.82, 2.24) is 5.32 Å². The van der Waals surface area contributed by atoms with Crippen LogP contribution in [0.5, 0.6) is 0 Å². The number of fused-ring (bicyclic) bond motifs is 5. The molecule has 10 nitrogen and oxygen atoms in total. The first-order chi connectivity index (χ1) is 26.1. The van der Waals surface area contributed by atoms with Gasteiger partial charge in [-0.05, 0) is 104 Å². The largest absolute Gasteiger partial charge is 0.471 e. The molecule has 3 saturated carbocycles. The Morgan fingerprint density at radius 1 is 0.891 bits per heavy atom. The molecule has 0 aliphatic heterocycles. The normalized spacial score (nSPS) is 30.9. The molecule has 316 valence electrons. The topological polar surface area (TPSA) is 137 Å². The van der Waals surface area contributed by atoms with Crippen molar-refractivity contribution < 1.29 is 42.4 Å². The van der Waals surface area contributed by atoms with Gasteiger partial charge in [0.2, 0.25) is 5.91 Å². The van der Waals surface area contributed by atoms with Gasteiger partial charge in [0.25, 0.3) is 0 Å². The van der Waals surface area contributed by atoms with E-state index in [9.17, 15) is 23.8 Å². The first-order valence-electron chi connectivity index (χ1n) is 21.9. The molecule has 4 aliphatic carbocycles. The summed E-state index contributed by atoms with van der Waals surface area (Å²) in [5.41, 5.74) is 2.21.